The minimum absolute atomic E-state index is 0.611. The smallest absolute Gasteiger partial charge is 0.147 e. The number of fused-ring (bicyclic) bond motifs is 1. The molecular weight excluding hydrogens is 296 g/mol. The summed E-state index contributed by atoms with van der Waals surface area (Å²) < 4.78 is 5.99. The van der Waals surface area contributed by atoms with E-state index in [1.54, 1.807) is 0 Å². The highest BCUT2D eigenvalue weighted by Crippen LogP contribution is 2.37. The lowest BCUT2D eigenvalue weighted by Crippen LogP contribution is -2.01. The Morgan fingerprint density at radius 1 is 0.833 bits per heavy atom. The van der Waals surface area contributed by atoms with Crippen molar-refractivity contribution in [3.8, 4) is 5.75 Å². The van der Waals surface area contributed by atoms with E-state index in [-0.39, 0.29) is 0 Å². The minimum Gasteiger partial charge on any atom is -0.491 e. The third kappa shape index (κ3) is 3.99. The zero-order valence-electron chi connectivity index (χ0n) is 14.1. The van der Waals surface area contributed by atoms with Crippen LogP contribution in [0.25, 0.3) is 10.8 Å². The first kappa shape index (κ1) is 16.2. The predicted octanol–water partition coefficient (Wildman–Crippen LogP) is 6.68. The van der Waals surface area contributed by atoms with E-state index in [2.05, 4.69) is 42.3 Å². The third-order valence-electron chi connectivity index (χ3n) is 3.84. The molecule has 3 aromatic rings. The lowest BCUT2D eigenvalue weighted by atomic mass is 10.1. The first-order valence-electron chi connectivity index (χ1n) is 8.35. The molecule has 24 heavy (non-hydrogen) atoms. The van der Waals surface area contributed by atoms with Crippen molar-refractivity contribution in [3.63, 3.8) is 0 Å². The molecule has 122 valence electrons. The molecule has 0 unspecified atom stereocenters. The van der Waals surface area contributed by atoms with Gasteiger partial charge in [0.1, 0.15) is 11.4 Å². The zero-order chi connectivity index (χ0) is 16.8. The van der Waals surface area contributed by atoms with Crippen molar-refractivity contribution in [3.05, 3.63) is 66.7 Å². The Balaban J connectivity index is 1.96. The van der Waals surface area contributed by atoms with Crippen LogP contribution in [0.4, 0.5) is 11.4 Å². The van der Waals surface area contributed by atoms with Gasteiger partial charge in [0, 0.05) is 5.39 Å². The van der Waals surface area contributed by atoms with Crippen molar-refractivity contribution in [2.24, 2.45) is 16.1 Å². The summed E-state index contributed by atoms with van der Waals surface area (Å²) >= 11 is 0. The Bertz CT molecular complexity index is 826. The molecule has 0 heterocycles. The largest absolute Gasteiger partial charge is 0.491 e. The lowest BCUT2D eigenvalue weighted by molar-refractivity contribution is 0.290. The van der Waals surface area contributed by atoms with Gasteiger partial charge in [-0.3, -0.25) is 0 Å². The Morgan fingerprint density at radius 3 is 2.38 bits per heavy atom. The van der Waals surface area contributed by atoms with Gasteiger partial charge < -0.3 is 4.74 Å². The van der Waals surface area contributed by atoms with Gasteiger partial charge in [-0.25, -0.2) is 0 Å². The summed E-state index contributed by atoms with van der Waals surface area (Å²) in [5.74, 6) is 1.40. The molecule has 0 aliphatic carbocycles. The van der Waals surface area contributed by atoms with E-state index < -0.39 is 0 Å². The molecule has 0 aliphatic heterocycles. The highest BCUT2D eigenvalue weighted by molar-refractivity contribution is 5.95. The van der Waals surface area contributed by atoms with Crippen molar-refractivity contribution in [1.82, 2.24) is 0 Å². The molecule has 3 rings (SSSR count). The molecule has 0 radical (unpaired) electrons. The molecule has 0 bridgehead atoms. The number of azo groups is 1. The molecule has 0 aliphatic rings. The number of hydrogen-bond donors (Lipinski definition) is 0. The quantitative estimate of drug-likeness (QED) is 0.467. The molecule has 0 saturated heterocycles. The fraction of sp³-hybridized carbons (Fsp3) is 0.238. The summed E-state index contributed by atoms with van der Waals surface area (Å²) in [6.45, 7) is 5.07. The van der Waals surface area contributed by atoms with E-state index >= 15 is 0 Å². The minimum atomic E-state index is 0.611. The SMILES string of the molecule is CC(C)CCOc1ccc2ccccc2c1N=Nc1ccccc1. The van der Waals surface area contributed by atoms with E-state index in [1.165, 1.54) is 0 Å². The van der Waals surface area contributed by atoms with Crippen molar-refractivity contribution < 1.29 is 4.74 Å². The standard InChI is InChI=1S/C21H22N2O/c1-16(2)14-15-24-20-13-12-17-8-6-7-11-19(17)21(20)23-22-18-9-4-3-5-10-18/h3-13,16H,14-15H2,1-2H3. The molecule has 0 spiro atoms. The first-order chi connectivity index (χ1) is 11.7. The molecule has 3 nitrogen and oxygen atoms in total. The Labute approximate surface area is 143 Å². The van der Waals surface area contributed by atoms with Crippen LogP contribution in [0.15, 0.2) is 77.0 Å². The van der Waals surface area contributed by atoms with Crippen LogP contribution < -0.4 is 4.74 Å². The van der Waals surface area contributed by atoms with Gasteiger partial charge in [-0.1, -0.05) is 62.4 Å². The number of ether oxygens (including phenoxy) is 1. The van der Waals surface area contributed by atoms with Crippen molar-refractivity contribution in [2.45, 2.75) is 20.3 Å². The summed E-state index contributed by atoms with van der Waals surface area (Å²) in [5.41, 5.74) is 1.62. The fourth-order valence-corrected chi connectivity index (χ4v) is 2.46. The second kappa shape index (κ2) is 7.73. The molecule has 0 saturated carbocycles. The normalized spacial score (nSPS) is 11.5. The summed E-state index contributed by atoms with van der Waals surface area (Å²) in [4.78, 5) is 0. The van der Waals surface area contributed by atoms with E-state index in [9.17, 15) is 0 Å². The van der Waals surface area contributed by atoms with Gasteiger partial charge in [0.15, 0.2) is 0 Å². The number of hydrogen-bond acceptors (Lipinski definition) is 3. The third-order valence-corrected chi connectivity index (χ3v) is 3.84. The molecule has 0 atom stereocenters. The number of rotatable bonds is 6. The molecule has 3 aromatic carbocycles. The maximum Gasteiger partial charge on any atom is 0.147 e. The van der Waals surface area contributed by atoms with Crippen LogP contribution in [0.5, 0.6) is 5.75 Å². The van der Waals surface area contributed by atoms with Gasteiger partial charge in [0.2, 0.25) is 0 Å². The second-order valence-electron chi connectivity index (χ2n) is 6.20. The molecular formula is C21H22N2O. The van der Waals surface area contributed by atoms with Gasteiger partial charge in [-0.2, -0.15) is 5.11 Å². The first-order valence-corrected chi connectivity index (χ1v) is 8.35. The average Bonchev–Trinajstić information content (AvgIpc) is 2.61. The topological polar surface area (TPSA) is 34.0 Å². The summed E-state index contributed by atoms with van der Waals surface area (Å²) in [7, 11) is 0. The zero-order valence-corrected chi connectivity index (χ0v) is 14.1. The lowest BCUT2D eigenvalue weighted by Gasteiger charge is -2.12. The van der Waals surface area contributed by atoms with Crippen molar-refractivity contribution in [2.75, 3.05) is 6.61 Å². The molecule has 0 N–H and O–H groups in total. The van der Waals surface area contributed by atoms with Crippen LogP contribution in [-0.4, -0.2) is 6.61 Å². The molecule has 3 heteroatoms. The van der Waals surface area contributed by atoms with Crippen LogP contribution in [0, 0.1) is 5.92 Å². The predicted molar refractivity (Wildman–Crippen MR) is 99.5 cm³/mol. The summed E-state index contributed by atoms with van der Waals surface area (Å²) in [6, 6.07) is 22.0. The number of benzene rings is 3. The monoisotopic (exact) mass is 318 g/mol. The maximum atomic E-state index is 5.99. The van der Waals surface area contributed by atoms with Gasteiger partial charge >= 0.3 is 0 Å². The molecule has 0 aromatic heterocycles. The highest BCUT2D eigenvalue weighted by atomic mass is 16.5. The van der Waals surface area contributed by atoms with E-state index in [0.29, 0.717) is 12.5 Å². The van der Waals surface area contributed by atoms with Gasteiger partial charge in [0.05, 0.1) is 12.3 Å². The van der Waals surface area contributed by atoms with Crippen LogP contribution >= 0.6 is 0 Å². The Kier molecular flexibility index (Phi) is 5.22. The second-order valence-corrected chi connectivity index (χ2v) is 6.20. The maximum absolute atomic E-state index is 5.99. The van der Waals surface area contributed by atoms with Crippen LogP contribution in [-0.2, 0) is 0 Å². The van der Waals surface area contributed by atoms with Gasteiger partial charge in [-0.05, 0) is 35.9 Å². The van der Waals surface area contributed by atoms with Gasteiger partial charge in [0.25, 0.3) is 0 Å². The summed E-state index contributed by atoms with van der Waals surface area (Å²) in [5, 5.41) is 11.1. The highest BCUT2D eigenvalue weighted by Gasteiger charge is 2.09. The van der Waals surface area contributed by atoms with E-state index in [4.69, 9.17) is 4.74 Å². The van der Waals surface area contributed by atoms with E-state index in [0.717, 1.165) is 34.3 Å². The van der Waals surface area contributed by atoms with Crippen LogP contribution in [0.3, 0.4) is 0 Å². The average molecular weight is 318 g/mol. The van der Waals surface area contributed by atoms with E-state index in [1.807, 2.05) is 48.5 Å². The van der Waals surface area contributed by atoms with Crippen LogP contribution in [0.1, 0.15) is 20.3 Å². The van der Waals surface area contributed by atoms with Crippen molar-refractivity contribution >= 4 is 22.1 Å². The number of nitrogens with zero attached hydrogens (tertiary/aromatic N) is 2. The molecule has 0 amide bonds. The Morgan fingerprint density at radius 2 is 1.58 bits per heavy atom. The van der Waals surface area contributed by atoms with Crippen LogP contribution in [0.2, 0.25) is 0 Å². The molecule has 0 fully saturated rings. The van der Waals surface area contributed by atoms with Crippen molar-refractivity contribution in [1.29, 1.82) is 0 Å². The fourth-order valence-electron chi connectivity index (χ4n) is 2.46. The Hall–Kier alpha value is -2.68. The van der Waals surface area contributed by atoms with Gasteiger partial charge in [-0.15, -0.1) is 5.11 Å². The summed E-state index contributed by atoms with van der Waals surface area (Å²) in [6.07, 6.45) is 1.02.